The smallest absolute Gasteiger partial charge is 0.240 e. The molecule has 4 aromatic rings. The summed E-state index contributed by atoms with van der Waals surface area (Å²) in [6.07, 6.45) is 1.09. The van der Waals surface area contributed by atoms with Crippen LogP contribution >= 0.6 is 11.6 Å². The van der Waals surface area contributed by atoms with E-state index >= 15 is 0 Å². The molecule has 0 spiro atoms. The molecule has 7 nitrogen and oxygen atoms in total. The standard InChI is InChI=1S/C30H32ClN3O4/c1-19(36)29-26(18-35)28(30(37)32-14-13-23-16-33-27-8-3-2-7-25(23)27)34(38-29)17-20-5-4-6-22(15-20)21-9-11-24(31)12-10-21/h2-12,15-16,19,26,28-29,33,35-36H,13-14,17-18H2,1H3,(H,32,37)/t19?,26-,28-,29-/m0/s1. The second kappa shape index (κ2) is 11.7. The van der Waals surface area contributed by atoms with E-state index in [0.29, 0.717) is 24.5 Å². The Morgan fingerprint density at radius 3 is 2.66 bits per heavy atom. The van der Waals surface area contributed by atoms with Gasteiger partial charge < -0.3 is 20.5 Å². The third kappa shape index (κ3) is 5.62. The predicted molar refractivity (Wildman–Crippen MR) is 148 cm³/mol. The maximum atomic E-state index is 13.4. The second-order valence-electron chi connectivity index (χ2n) is 9.78. The number of aliphatic hydroxyl groups is 2. The third-order valence-corrected chi connectivity index (χ3v) is 7.41. The minimum absolute atomic E-state index is 0.235. The zero-order valence-electron chi connectivity index (χ0n) is 21.2. The molecule has 1 fully saturated rings. The van der Waals surface area contributed by atoms with Gasteiger partial charge in [0, 0.05) is 34.6 Å². The van der Waals surface area contributed by atoms with Crippen LogP contribution in [0.15, 0.2) is 79.0 Å². The Labute approximate surface area is 227 Å². The summed E-state index contributed by atoms with van der Waals surface area (Å²) in [6, 6.07) is 22.9. The topological polar surface area (TPSA) is 97.8 Å². The van der Waals surface area contributed by atoms with Gasteiger partial charge in [0.15, 0.2) is 0 Å². The quantitative estimate of drug-likeness (QED) is 0.257. The molecule has 3 aromatic carbocycles. The average Bonchev–Trinajstić information content (AvgIpc) is 3.50. The molecule has 2 heterocycles. The predicted octanol–water partition coefficient (Wildman–Crippen LogP) is 4.32. The zero-order chi connectivity index (χ0) is 26.6. The fourth-order valence-electron chi connectivity index (χ4n) is 5.24. The van der Waals surface area contributed by atoms with Crippen molar-refractivity contribution in [1.29, 1.82) is 0 Å². The molecule has 4 N–H and O–H groups in total. The molecule has 1 aromatic heterocycles. The number of carbonyl (C=O) groups is 1. The van der Waals surface area contributed by atoms with Crippen molar-refractivity contribution in [3.63, 3.8) is 0 Å². The first-order valence-electron chi connectivity index (χ1n) is 12.8. The van der Waals surface area contributed by atoms with Crippen molar-refractivity contribution in [3.05, 3.63) is 95.1 Å². The molecule has 38 heavy (non-hydrogen) atoms. The Kier molecular flexibility index (Phi) is 8.12. The summed E-state index contributed by atoms with van der Waals surface area (Å²) in [4.78, 5) is 22.8. The molecular formula is C30H32ClN3O4. The Morgan fingerprint density at radius 2 is 1.89 bits per heavy atom. The first-order chi connectivity index (χ1) is 18.4. The number of nitrogens with one attached hydrogen (secondary N) is 2. The van der Waals surface area contributed by atoms with Crippen molar-refractivity contribution >= 4 is 28.4 Å². The first-order valence-corrected chi connectivity index (χ1v) is 13.2. The normalized spacial score (nSPS) is 20.6. The van der Waals surface area contributed by atoms with E-state index in [4.69, 9.17) is 16.4 Å². The molecule has 1 aliphatic rings. The van der Waals surface area contributed by atoms with E-state index in [1.54, 1.807) is 12.0 Å². The molecule has 0 bridgehead atoms. The van der Waals surface area contributed by atoms with Crippen LogP contribution in [0.5, 0.6) is 0 Å². The highest BCUT2D eigenvalue weighted by atomic mass is 35.5. The first kappa shape index (κ1) is 26.4. The Balaban J connectivity index is 1.31. The maximum Gasteiger partial charge on any atom is 0.240 e. The monoisotopic (exact) mass is 533 g/mol. The summed E-state index contributed by atoms with van der Waals surface area (Å²) in [5, 5.41) is 27.0. The highest BCUT2D eigenvalue weighted by Crippen LogP contribution is 2.32. The number of aliphatic hydroxyl groups excluding tert-OH is 2. The highest BCUT2D eigenvalue weighted by molar-refractivity contribution is 6.30. The summed E-state index contributed by atoms with van der Waals surface area (Å²) >= 11 is 6.04. The molecule has 8 heteroatoms. The van der Waals surface area contributed by atoms with Gasteiger partial charge >= 0.3 is 0 Å². The molecule has 198 valence electrons. The van der Waals surface area contributed by atoms with E-state index in [9.17, 15) is 15.0 Å². The highest BCUT2D eigenvalue weighted by Gasteiger charge is 2.48. The lowest BCUT2D eigenvalue weighted by Gasteiger charge is -2.24. The van der Waals surface area contributed by atoms with Crippen LogP contribution in [0.1, 0.15) is 18.1 Å². The number of hydrogen-bond acceptors (Lipinski definition) is 5. The Bertz CT molecular complexity index is 1390. The van der Waals surface area contributed by atoms with E-state index in [0.717, 1.165) is 33.2 Å². The molecule has 0 saturated carbocycles. The summed E-state index contributed by atoms with van der Waals surface area (Å²) in [5.74, 6) is -0.802. The number of carbonyl (C=O) groups excluding carboxylic acids is 1. The fraction of sp³-hybridized carbons (Fsp3) is 0.300. The van der Waals surface area contributed by atoms with Gasteiger partial charge in [-0.1, -0.05) is 60.1 Å². The number of fused-ring (bicyclic) bond motifs is 1. The number of halogens is 1. The molecule has 0 radical (unpaired) electrons. The number of aromatic amines is 1. The molecule has 5 rings (SSSR count). The molecule has 1 amide bonds. The van der Waals surface area contributed by atoms with Crippen LogP contribution in [0, 0.1) is 5.92 Å². The van der Waals surface area contributed by atoms with Crippen LogP contribution in [0.3, 0.4) is 0 Å². The SMILES string of the molecule is CC(O)[C@@H]1ON(Cc2cccc(-c3ccc(Cl)cc3)c2)[C@H](C(=O)NCCc2c[nH]c3ccccc23)[C@@H]1CO. The van der Waals surface area contributed by atoms with Gasteiger partial charge in [0.25, 0.3) is 0 Å². The van der Waals surface area contributed by atoms with Crippen LogP contribution in [-0.4, -0.2) is 57.6 Å². The third-order valence-electron chi connectivity index (χ3n) is 7.16. The van der Waals surface area contributed by atoms with E-state index in [1.807, 2.05) is 72.9 Å². The second-order valence-corrected chi connectivity index (χ2v) is 10.2. The lowest BCUT2D eigenvalue weighted by atomic mass is 9.92. The largest absolute Gasteiger partial charge is 0.396 e. The van der Waals surface area contributed by atoms with Gasteiger partial charge in [-0.05, 0) is 59.9 Å². The number of rotatable bonds is 9. The van der Waals surface area contributed by atoms with Gasteiger partial charge in [-0.2, -0.15) is 5.06 Å². The van der Waals surface area contributed by atoms with Crippen molar-refractivity contribution in [2.75, 3.05) is 13.2 Å². The minimum atomic E-state index is -0.848. The number of para-hydroxylation sites is 1. The van der Waals surface area contributed by atoms with Gasteiger partial charge in [0.05, 0.1) is 19.3 Å². The number of benzene rings is 3. The summed E-state index contributed by atoms with van der Waals surface area (Å²) in [6.45, 7) is 2.09. The van der Waals surface area contributed by atoms with Crippen LogP contribution in [0.2, 0.25) is 5.02 Å². The number of nitrogens with zero attached hydrogens (tertiary/aromatic N) is 1. The Hall–Kier alpha value is -3.20. The van der Waals surface area contributed by atoms with Crippen LogP contribution in [0.25, 0.3) is 22.0 Å². The van der Waals surface area contributed by atoms with E-state index in [1.165, 1.54) is 0 Å². The number of amides is 1. The number of aromatic nitrogens is 1. The summed E-state index contributed by atoms with van der Waals surface area (Å²) in [7, 11) is 0. The van der Waals surface area contributed by atoms with Gasteiger partial charge in [0.2, 0.25) is 5.91 Å². The number of hydroxylamine groups is 2. The molecule has 0 aliphatic carbocycles. The van der Waals surface area contributed by atoms with Crippen molar-refractivity contribution < 1.29 is 19.8 Å². The molecule has 1 aliphatic heterocycles. The lowest BCUT2D eigenvalue weighted by molar-refractivity contribution is -0.192. The molecule has 1 saturated heterocycles. The van der Waals surface area contributed by atoms with Crippen LogP contribution in [-0.2, 0) is 22.6 Å². The van der Waals surface area contributed by atoms with Crippen molar-refractivity contribution in [3.8, 4) is 11.1 Å². The molecule has 4 atom stereocenters. The van der Waals surface area contributed by atoms with Crippen molar-refractivity contribution in [2.45, 2.75) is 38.1 Å². The van der Waals surface area contributed by atoms with Gasteiger partial charge in [0.1, 0.15) is 12.1 Å². The number of H-pyrrole nitrogens is 1. The van der Waals surface area contributed by atoms with Gasteiger partial charge in [-0.15, -0.1) is 0 Å². The van der Waals surface area contributed by atoms with Gasteiger partial charge in [-0.3, -0.25) is 9.63 Å². The molecule has 1 unspecified atom stereocenters. The lowest BCUT2D eigenvalue weighted by Crippen LogP contribution is -2.48. The van der Waals surface area contributed by atoms with E-state index in [2.05, 4.69) is 16.4 Å². The van der Waals surface area contributed by atoms with Crippen LogP contribution in [0.4, 0.5) is 0 Å². The van der Waals surface area contributed by atoms with E-state index in [-0.39, 0.29) is 12.5 Å². The maximum absolute atomic E-state index is 13.4. The van der Waals surface area contributed by atoms with Gasteiger partial charge in [-0.25, -0.2) is 0 Å². The van der Waals surface area contributed by atoms with Crippen LogP contribution < -0.4 is 5.32 Å². The number of hydrogen-bond donors (Lipinski definition) is 4. The summed E-state index contributed by atoms with van der Waals surface area (Å²) < 4.78 is 0. The summed E-state index contributed by atoms with van der Waals surface area (Å²) in [5.41, 5.74) is 5.17. The molecular weight excluding hydrogens is 502 g/mol. The Morgan fingerprint density at radius 1 is 1.11 bits per heavy atom. The van der Waals surface area contributed by atoms with E-state index < -0.39 is 24.2 Å². The average molecular weight is 534 g/mol. The minimum Gasteiger partial charge on any atom is -0.396 e. The zero-order valence-corrected chi connectivity index (χ0v) is 21.9. The van der Waals surface area contributed by atoms with Crippen molar-refractivity contribution in [1.82, 2.24) is 15.4 Å². The van der Waals surface area contributed by atoms with Crippen molar-refractivity contribution in [2.24, 2.45) is 5.92 Å². The fourth-order valence-corrected chi connectivity index (χ4v) is 5.36.